The predicted molar refractivity (Wildman–Crippen MR) is 343 cm³/mol. The highest BCUT2D eigenvalue weighted by Crippen LogP contribution is 2.16. The molecular formula is C73H120O5. The van der Waals surface area contributed by atoms with Crippen molar-refractivity contribution >= 4 is 11.9 Å². The van der Waals surface area contributed by atoms with Gasteiger partial charge in [0.1, 0.15) is 6.61 Å². The van der Waals surface area contributed by atoms with Gasteiger partial charge in [0.25, 0.3) is 0 Å². The zero-order chi connectivity index (χ0) is 56.2. The van der Waals surface area contributed by atoms with Gasteiger partial charge in [0, 0.05) is 12.8 Å². The Bertz CT molecular complexity index is 1650. The van der Waals surface area contributed by atoms with Crippen molar-refractivity contribution in [2.24, 2.45) is 0 Å². The average molecular weight is 1080 g/mol. The van der Waals surface area contributed by atoms with Crippen molar-refractivity contribution in [3.8, 4) is 0 Å². The van der Waals surface area contributed by atoms with Crippen molar-refractivity contribution in [3.05, 3.63) is 146 Å². The van der Waals surface area contributed by atoms with E-state index in [9.17, 15) is 14.7 Å². The van der Waals surface area contributed by atoms with Gasteiger partial charge in [-0.15, -0.1) is 0 Å². The first-order valence-electron chi connectivity index (χ1n) is 32.4. The Morgan fingerprint density at radius 2 is 0.513 bits per heavy atom. The van der Waals surface area contributed by atoms with E-state index in [0.29, 0.717) is 12.8 Å². The first kappa shape index (κ1) is 73.8. The maximum absolute atomic E-state index is 12.3. The third kappa shape index (κ3) is 64.3. The molecule has 0 bridgehead atoms. The number of hydrogen-bond acceptors (Lipinski definition) is 5. The molecule has 5 nitrogen and oxygen atoms in total. The van der Waals surface area contributed by atoms with E-state index in [4.69, 9.17) is 9.47 Å². The Morgan fingerprint density at radius 3 is 0.769 bits per heavy atom. The molecule has 0 radical (unpaired) electrons. The number of allylic oxidation sites excluding steroid dienone is 24. The van der Waals surface area contributed by atoms with Crippen molar-refractivity contribution in [2.75, 3.05) is 13.2 Å². The fraction of sp³-hybridized carbons (Fsp3) is 0.644. The fourth-order valence-electron chi connectivity index (χ4n) is 8.86. The summed E-state index contributed by atoms with van der Waals surface area (Å²) in [6, 6.07) is 0. The molecule has 0 saturated heterocycles. The van der Waals surface area contributed by atoms with Crippen LogP contribution in [0.2, 0.25) is 0 Å². The molecule has 0 heterocycles. The number of rotatable bonds is 58. The van der Waals surface area contributed by atoms with Gasteiger partial charge < -0.3 is 14.6 Å². The number of ether oxygens (including phenoxy) is 2. The number of hydrogen-bond donors (Lipinski definition) is 1. The summed E-state index contributed by atoms with van der Waals surface area (Å²) in [4.78, 5) is 24.6. The van der Waals surface area contributed by atoms with Gasteiger partial charge in [-0.1, -0.05) is 301 Å². The van der Waals surface area contributed by atoms with Crippen molar-refractivity contribution < 1.29 is 24.2 Å². The second-order valence-electron chi connectivity index (χ2n) is 21.1. The number of carbonyl (C=O) groups is 2. The Labute approximate surface area is 482 Å². The van der Waals surface area contributed by atoms with Gasteiger partial charge in [0.05, 0.1) is 6.61 Å². The minimum absolute atomic E-state index is 0.0768. The summed E-state index contributed by atoms with van der Waals surface area (Å²) in [6.07, 6.45) is 101. The van der Waals surface area contributed by atoms with E-state index in [1.807, 2.05) is 0 Å². The lowest BCUT2D eigenvalue weighted by molar-refractivity contribution is -0.161. The normalized spacial score (nSPS) is 13.2. The fourth-order valence-corrected chi connectivity index (χ4v) is 8.86. The molecular weight excluding hydrogens is 957 g/mol. The van der Waals surface area contributed by atoms with Crippen LogP contribution in [0.25, 0.3) is 0 Å². The SMILES string of the molecule is CC/C=C\C/C=C\C/C=C\C/C=C\C/C=C\C/C=C\C/C=C\CCCCCCCCCCCCCCCCCCCCCC(=O)OC(CO)COC(=O)CCCCCCCCC/C=C\C/C=C\C/C=C\C/C=C\C/C=C\CC. The van der Waals surface area contributed by atoms with Crippen LogP contribution in [0.4, 0.5) is 0 Å². The molecule has 1 atom stereocenters. The standard InChI is InChI=1S/C73H120O5/c1-3-5-7-9-11-13-15-17-19-21-23-25-27-28-29-30-31-32-33-34-35-36-37-38-39-40-41-42-43-44-46-48-50-52-54-56-58-60-62-64-66-68-73(76)78-71(69-74)70-77-72(75)67-65-63-61-59-57-55-53-51-49-47-45-26-24-22-20-18-16-14-12-10-8-6-4-2/h5-8,11-14,17-20,23-26,28-29,31-32,34-35,47,49,71,74H,3-4,9-10,15-16,21-22,27,30,33,36-46,48,50-70H2,1-2H3/b7-5-,8-6-,13-11-,14-12-,19-17-,20-18-,25-23-,26-24-,29-28-,32-31-,35-34-,49-47-. The van der Waals surface area contributed by atoms with Crippen LogP contribution in [0.15, 0.2) is 146 Å². The van der Waals surface area contributed by atoms with E-state index in [0.717, 1.165) is 122 Å². The molecule has 0 amide bonds. The topological polar surface area (TPSA) is 72.8 Å². The average Bonchev–Trinajstić information content (AvgIpc) is 3.44. The molecule has 0 aliphatic heterocycles. The Balaban J connectivity index is 3.50. The Hall–Kier alpha value is -4.22. The lowest BCUT2D eigenvalue weighted by Crippen LogP contribution is -2.28. The molecule has 0 aromatic heterocycles. The van der Waals surface area contributed by atoms with Crippen molar-refractivity contribution in [1.29, 1.82) is 0 Å². The third-order valence-corrected chi connectivity index (χ3v) is 13.6. The van der Waals surface area contributed by atoms with Crippen LogP contribution in [0, 0.1) is 0 Å². The van der Waals surface area contributed by atoms with Crippen LogP contribution in [0.3, 0.4) is 0 Å². The second-order valence-corrected chi connectivity index (χ2v) is 21.1. The van der Waals surface area contributed by atoms with Crippen molar-refractivity contribution in [1.82, 2.24) is 0 Å². The first-order chi connectivity index (χ1) is 38.6. The van der Waals surface area contributed by atoms with E-state index >= 15 is 0 Å². The van der Waals surface area contributed by atoms with Gasteiger partial charge in [0.15, 0.2) is 6.10 Å². The molecule has 0 saturated carbocycles. The van der Waals surface area contributed by atoms with Gasteiger partial charge in [-0.2, -0.15) is 0 Å². The van der Waals surface area contributed by atoms with E-state index in [1.165, 1.54) is 135 Å². The molecule has 0 aromatic rings. The quantitative estimate of drug-likeness (QED) is 0.0373. The monoisotopic (exact) mass is 1080 g/mol. The zero-order valence-electron chi connectivity index (χ0n) is 50.6. The summed E-state index contributed by atoms with van der Waals surface area (Å²) in [5.41, 5.74) is 0. The number of carbonyl (C=O) groups excluding carboxylic acids is 2. The van der Waals surface area contributed by atoms with Crippen LogP contribution >= 0.6 is 0 Å². The Kier molecular flexibility index (Phi) is 63.4. The number of esters is 2. The summed E-state index contributed by atoms with van der Waals surface area (Å²) in [7, 11) is 0. The lowest BCUT2D eigenvalue weighted by atomic mass is 10.0. The van der Waals surface area contributed by atoms with Gasteiger partial charge in [-0.05, 0) is 116 Å². The van der Waals surface area contributed by atoms with Crippen LogP contribution in [0.5, 0.6) is 0 Å². The molecule has 0 aliphatic carbocycles. The Morgan fingerprint density at radius 1 is 0.295 bits per heavy atom. The highest BCUT2D eigenvalue weighted by molar-refractivity contribution is 5.70. The highest BCUT2D eigenvalue weighted by atomic mass is 16.6. The number of unbranched alkanes of at least 4 members (excludes halogenated alkanes) is 26. The summed E-state index contributed by atoms with van der Waals surface area (Å²) < 4.78 is 10.7. The first-order valence-corrected chi connectivity index (χ1v) is 32.4. The molecule has 1 N–H and O–H groups in total. The summed E-state index contributed by atoms with van der Waals surface area (Å²) in [5, 5.41) is 9.68. The maximum Gasteiger partial charge on any atom is 0.306 e. The van der Waals surface area contributed by atoms with Crippen LogP contribution in [-0.2, 0) is 19.1 Å². The molecule has 0 aromatic carbocycles. The van der Waals surface area contributed by atoms with E-state index in [2.05, 4.69) is 160 Å². The zero-order valence-corrected chi connectivity index (χ0v) is 50.6. The molecule has 0 rings (SSSR count). The highest BCUT2D eigenvalue weighted by Gasteiger charge is 2.16. The number of aliphatic hydroxyl groups excluding tert-OH is 1. The van der Waals surface area contributed by atoms with Gasteiger partial charge >= 0.3 is 11.9 Å². The number of aliphatic hydroxyl groups is 1. The molecule has 78 heavy (non-hydrogen) atoms. The predicted octanol–water partition coefficient (Wildman–Crippen LogP) is 22.5. The summed E-state index contributed by atoms with van der Waals surface area (Å²) in [5.74, 6) is -0.602. The smallest absolute Gasteiger partial charge is 0.306 e. The summed E-state index contributed by atoms with van der Waals surface area (Å²) >= 11 is 0. The van der Waals surface area contributed by atoms with E-state index in [-0.39, 0.29) is 25.2 Å². The molecule has 0 spiro atoms. The van der Waals surface area contributed by atoms with E-state index < -0.39 is 6.10 Å². The minimum Gasteiger partial charge on any atom is -0.462 e. The molecule has 442 valence electrons. The van der Waals surface area contributed by atoms with E-state index in [1.54, 1.807) is 0 Å². The van der Waals surface area contributed by atoms with Crippen molar-refractivity contribution in [2.45, 2.75) is 290 Å². The van der Waals surface area contributed by atoms with Crippen LogP contribution in [0.1, 0.15) is 284 Å². The van der Waals surface area contributed by atoms with Gasteiger partial charge in [0.2, 0.25) is 0 Å². The van der Waals surface area contributed by atoms with Crippen LogP contribution in [-0.4, -0.2) is 36.4 Å². The van der Waals surface area contributed by atoms with Crippen LogP contribution < -0.4 is 0 Å². The van der Waals surface area contributed by atoms with Gasteiger partial charge in [-0.3, -0.25) is 9.59 Å². The lowest BCUT2D eigenvalue weighted by Gasteiger charge is -2.15. The maximum atomic E-state index is 12.3. The second kappa shape index (κ2) is 67.1. The third-order valence-electron chi connectivity index (χ3n) is 13.6. The largest absolute Gasteiger partial charge is 0.462 e. The molecule has 5 heteroatoms. The van der Waals surface area contributed by atoms with Crippen molar-refractivity contribution in [3.63, 3.8) is 0 Å². The molecule has 0 aliphatic rings. The molecule has 0 fully saturated rings. The molecule has 1 unspecified atom stereocenters. The minimum atomic E-state index is -0.786. The summed E-state index contributed by atoms with van der Waals surface area (Å²) in [6.45, 7) is 3.91. The van der Waals surface area contributed by atoms with Gasteiger partial charge in [-0.25, -0.2) is 0 Å².